The van der Waals surface area contributed by atoms with E-state index in [4.69, 9.17) is 5.73 Å². The molecule has 0 atom stereocenters. The molecule has 5 rings (SSSR count). The molecule has 166 valence electrons. The standard InChI is InChI=1S/C25H25N7O/c1-15-8-21-20(6-7-27-24(21)26)16(2)22(15)12-28-25(33)19-11-30-32(14-19)13-17-4-5-23-18(9-17)10-29-31(23)3/h4-11,14H,12-13H2,1-3H3,(H2,26,27)(H,28,33). The lowest BCUT2D eigenvalue weighted by Gasteiger charge is -2.14. The normalized spacial score (nSPS) is 11.4. The minimum Gasteiger partial charge on any atom is -0.383 e. The summed E-state index contributed by atoms with van der Waals surface area (Å²) in [5.41, 5.74) is 12.0. The summed E-state index contributed by atoms with van der Waals surface area (Å²) >= 11 is 0. The predicted octanol–water partition coefficient (Wildman–Crippen LogP) is 3.50. The molecule has 0 fully saturated rings. The number of pyridine rings is 1. The number of rotatable bonds is 5. The number of nitrogens with two attached hydrogens (primary N) is 1. The molecule has 0 aliphatic carbocycles. The van der Waals surface area contributed by atoms with E-state index in [1.54, 1.807) is 23.3 Å². The van der Waals surface area contributed by atoms with Gasteiger partial charge in [-0.3, -0.25) is 14.2 Å². The van der Waals surface area contributed by atoms with Crippen molar-refractivity contribution in [1.82, 2.24) is 29.9 Å². The maximum atomic E-state index is 12.8. The van der Waals surface area contributed by atoms with Crippen LogP contribution in [0, 0.1) is 13.8 Å². The first kappa shape index (κ1) is 20.7. The Kier molecular flexibility index (Phi) is 5.05. The molecule has 0 saturated carbocycles. The van der Waals surface area contributed by atoms with Crippen molar-refractivity contribution in [1.29, 1.82) is 0 Å². The average Bonchev–Trinajstić information content (AvgIpc) is 3.41. The van der Waals surface area contributed by atoms with Crippen molar-refractivity contribution in [3.63, 3.8) is 0 Å². The predicted molar refractivity (Wildman–Crippen MR) is 129 cm³/mol. The third kappa shape index (κ3) is 3.80. The second-order valence-corrected chi connectivity index (χ2v) is 8.36. The van der Waals surface area contributed by atoms with Gasteiger partial charge in [0, 0.05) is 36.8 Å². The van der Waals surface area contributed by atoms with Gasteiger partial charge >= 0.3 is 0 Å². The molecule has 2 aromatic carbocycles. The maximum absolute atomic E-state index is 12.8. The van der Waals surface area contributed by atoms with Crippen LogP contribution >= 0.6 is 0 Å². The molecule has 0 spiro atoms. The summed E-state index contributed by atoms with van der Waals surface area (Å²) in [6.07, 6.45) is 6.94. The highest BCUT2D eigenvalue weighted by Crippen LogP contribution is 2.27. The van der Waals surface area contributed by atoms with Crippen LogP contribution in [0.4, 0.5) is 5.82 Å². The first-order valence-corrected chi connectivity index (χ1v) is 10.8. The molecule has 0 aliphatic heterocycles. The number of benzene rings is 2. The minimum absolute atomic E-state index is 0.155. The van der Waals surface area contributed by atoms with E-state index in [1.807, 2.05) is 50.0 Å². The number of nitrogen functional groups attached to an aromatic ring is 1. The third-order valence-corrected chi connectivity index (χ3v) is 6.19. The number of nitrogens with one attached hydrogen (secondary N) is 1. The number of aromatic nitrogens is 5. The molecule has 8 nitrogen and oxygen atoms in total. The molecular formula is C25H25N7O. The number of amides is 1. The Balaban J connectivity index is 1.30. The highest BCUT2D eigenvalue weighted by molar-refractivity contribution is 5.95. The van der Waals surface area contributed by atoms with Crippen molar-refractivity contribution in [3.8, 4) is 0 Å². The number of carbonyl (C=O) groups excluding carboxylic acids is 1. The molecule has 5 aromatic rings. The molecule has 0 saturated heterocycles. The maximum Gasteiger partial charge on any atom is 0.254 e. The third-order valence-electron chi connectivity index (χ3n) is 6.19. The summed E-state index contributed by atoms with van der Waals surface area (Å²) in [5, 5.41) is 14.8. The summed E-state index contributed by atoms with van der Waals surface area (Å²) in [5.74, 6) is 0.362. The second kappa shape index (κ2) is 8.05. The van der Waals surface area contributed by atoms with Gasteiger partial charge in [0.25, 0.3) is 5.91 Å². The van der Waals surface area contributed by atoms with Gasteiger partial charge in [-0.15, -0.1) is 0 Å². The Morgan fingerprint density at radius 3 is 2.79 bits per heavy atom. The van der Waals surface area contributed by atoms with Gasteiger partial charge in [0.2, 0.25) is 0 Å². The number of hydrogen-bond acceptors (Lipinski definition) is 5. The van der Waals surface area contributed by atoms with Crippen molar-refractivity contribution >= 4 is 33.4 Å². The quantitative estimate of drug-likeness (QED) is 0.436. The van der Waals surface area contributed by atoms with E-state index < -0.39 is 0 Å². The van der Waals surface area contributed by atoms with Crippen molar-refractivity contribution in [2.45, 2.75) is 26.9 Å². The Morgan fingerprint density at radius 2 is 1.94 bits per heavy atom. The van der Waals surface area contributed by atoms with Crippen molar-refractivity contribution in [3.05, 3.63) is 82.9 Å². The zero-order valence-electron chi connectivity index (χ0n) is 18.8. The smallest absolute Gasteiger partial charge is 0.254 e. The van der Waals surface area contributed by atoms with Gasteiger partial charge < -0.3 is 11.1 Å². The fraction of sp³-hybridized carbons (Fsp3) is 0.200. The van der Waals surface area contributed by atoms with Crippen molar-refractivity contribution in [2.24, 2.45) is 7.05 Å². The van der Waals surface area contributed by atoms with Crippen LogP contribution in [0.15, 0.2) is 55.1 Å². The number of fused-ring (bicyclic) bond motifs is 2. The summed E-state index contributed by atoms with van der Waals surface area (Å²) in [4.78, 5) is 17.0. The zero-order valence-corrected chi connectivity index (χ0v) is 18.8. The van der Waals surface area contributed by atoms with Gasteiger partial charge in [0.15, 0.2) is 0 Å². The number of hydrogen-bond donors (Lipinski definition) is 2. The van der Waals surface area contributed by atoms with Crippen LogP contribution < -0.4 is 11.1 Å². The fourth-order valence-corrected chi connectivity index (χ4v) is 4.34. The Labute approximate surface area is 191 Å². The monoisotopic (exact) mass is 439 g/mol. The number of carbonyl (C=O) groups is 1. The Morgan fingerprint density at radius 1 is 1.09 bits per heavy atom. The van der Waals surface area contributed by atoms with E-state index in [9.17, 15) is 4.79 Å². The highest BCUT2D eigenvalue weighted by Gasteiger charge is 2.13. The Bertz CT molecular complexity index is 1510. The van der Waals surface area contributed by atoms with Gasteiger partial charge in [-0.05, 0) is 65.8 Å². The lowest BCUT2D eigenvalue weighted by atomic mass is 9.96. The number of aryl methyl sites for hydroxylation is 3. The summed E-state index contributed by atoms with van der Waals surface area (Å²) in [6, 6.07) is 10.2. The minimum atomic E-state index is -0.155. The van der Waals surface area contributed by atoms with E-state index in [-0.39, 0.29) is 5.91 Å². The van der Waals surface area contributed by atoms with Gasteiger partial charge in [0.1, 0.15) is 5.82 Å². The molecule has 3 aromatic heterocycles. The van der Waals surface area contributed by atoms with E-state index >= 15 is 0 Å². The van der Waals surface area contributed by atoms with Gasteiger partial charge in [-0.2, -0.15) is 10.2 Å². The van der Waals surface area contributed by atoms with Crippen LogP contribution in [0.25, 0.3) is 21.7 Å². The van der Waals surface area contributed by atoms with Crippen LogP contribution in [0.3, 0.4) is 0 Å². The molecular weight excluding hydrogens is 414 g/mol. The second-order valence-electron chi connectivity index (χ2n) is 8.36. The largest absolute Gasteiger partial charge is 0.383 e. The highest BCUT2D eigenvalue weighted by atomic mass is 16.1. The van der Waals surface area contributed by atoms with Crippen LogP contribution in [0.1, 0.15) is 32.6 Å². The summed E-state index contributed by atoms with van der Waals surface area (Å²) in [7, 11) is 1.92. The van der Waals surface area contributed by atoms with Crippen molar-refractivity contribution < 1.29 is 4.79 Å². The van der Waals surface area contributed by atoms with Crippen LogP contribution in [0.2, 0.25) is 0 Å². The van der Waals surface area contributed by atoms with Gasteiger partial charge in [0.05, 0.1) is 30.0 Å². The number of anilines is 1. The average molecular weight is 440 g/mol. The molecule has 0 radical (unpaired) electrons. The molecule has 3 N–H and O–H groups in total. The van der Waals surface area contributed by atoms with Crippen LogP contribution in [-0.2, 0) is 20.1 Å². The molecule has 1 amide bonds. The van der Waals surface area contributed by atoms with Crippen molar-refractivity contribution in [2.75, 3.05) is 5.73 Å². The molecule has 33 heavy (non-hydrogen) atoms. The van der Waals surface area contributed by atoms with E-state index in [0.29, 0.717) is 24.5 Å². The summed E-state index contributed by atoms with van der Waals surface area (Å²) < 4.78 is 3.62. The zero-order chi connectivity index (χ0) is 23.1. The van der Waals surface area contributed by atoms with Gasteiger partial charge in [-0.25, -0.2) is 4.98 Å². The van der Waals surface area contributed by atoms with Crippen LogP contribution in [0.5, 0.6) is 0 Å². The van der Waals surface area contributed by atoms with E-state index in [0.717, 1.165) is 43.9 Å². The topological polar surface area (TPSA) is 104 Å². The van der Waals surface area contributed by atoms with E-state index in [1.165, 1.54) is 0 Å². The fourth-order valence-electron chi connectivity index (χ4n) is 4.34. The van der Waals surface area contributed by atoms with Gasteiger partial charge in [-0.1, -0.05) is 6.07 Å². The summed E-state index contributed by atoms with van der Waals surface area (Å²) in [6.45, 7) is 5.08. The molecule has 0 unspecified atom stereocenters. The molecule has 0 bridgehead atoms. The molecule has 8 heteroatoms. The lowest BCUT2D eigenvalue weighted by molar-refractivity contribution is 0.0950. The molecule has 3 heterocycles. The first-order valence-electron chi connectivity index (χ1n) is 10.8. The number of nitrogens with zero attached hydrogens (tertiary/aromatic N) is 5. The van der Waals surface area contributed by atoms with Crippen LogP contribution in [-0.4, -0.2) is 30.5 Å². The first-order chi connectivity index (χ1) is 15.9. The Hall–Kier alpha value is -4.20. The lowest BCUT2D eigenvalue weighted by Crippen LogP contribution is -2.23. The van der Waals surface area contributed by atoms with E-state index in [2.05, 4.69) is 32.6 Å². The SMILES string of the molecule is Cc1cc2c(N)nccc2c(C)c1CNC(=O)c1cnn(Cc2ccc3c(cnn3C)c2)c1. The molecule has 0 aliphatic rings.